The van der Waals surface area contributed by atoms with Crippen molar-refractivity contribution in [3.63, 3.8) is 0 Å². The van der Waals surface area contributed by atoms with E-state index in [0.717, 1.165) is 0 Å². The number of hydrogen-bond acceptors (Lipinski definition) is 1. The van der Waals surface area contributed by atoms with Crippen LogP contribution in [0, 0.1) is 0 Å². The summed E-state index contributed by atoms with van der Waals surface area (Å²) in [5, 5.41) is 0. The Labute approximate surface area is 61.5 Å². The Hall–Kier alpha value is 1.27. The first-order chi connectivity index (χ1) is 0. The van der Waals surface area contributed by atoms with Crippen LogP contribution in [0.3, 0.4) is 0 Å². The van der Waals surface area contributed by atoms with E-state index < -0.39 is 0 Å². The summed E-state index contributed by atoms with van der Waals surface area (Å²) in [6.45, 7) is 0. The second-order valence-corrected chi connectivity index (χ2v) is 0. The molecule has 0 saturated carbocycles. The molecule has 0 heterocycles. The van der Waals surface area contributed by atoms with Crippen molar-refractivity contribution in [3.05, 3.63) is 0 Å². The van der Waals surface area contributed by atoms with E-state index in [-0.39, 0.29) is 61.4 Å². The summed E-state index contributed by atoms with van der Waals surface area (Å²) in [7, 11) is 0. The van der Waals surface area contributed by atoms with Crippen LogP contribution in [0.5, 0.6) is 0 Å². The minimum Gasteiger partial charge on any atom is -0.870 e. The third-order valence-corrected chi connectivity index (χ3v) is 0. The first kappa shape index (κ1) is 177. The van der Waals surface area contributed by atoms with Gasteiger partial charge in [-0.25, -0.2) is 0 Å². The van der Waals surface area contributed by atoms with Crippen LogP contribution < -0.4 is 29.6 Å². The van der Waals surface area contributed by atoms with Crippen molar-refractivity contribution in [3.8, 4) is 0 Å². The molecule has 0 bridgehead atoms. The summed E-state index contributed by atoms with van der Waals surface area (Å²) >= 11 is 0. The molecule has 0 aliphatic carbocycles. The standard InChI is InChI=1S/Na.4H2O.H3P/h;4*1H2;1H3/q+1;;;;;/p-1. The van der Waals surface area contributed by atoms with Gasteiger partial charge in [0.25, 0.3) is 0 Å². The van der Waals surface area contributed by atoms with E-state index >= 15 is 0 Å². The first-order valence-electron chi connectivity index (χ1n) is 0. The SMILES string of the molecule is O.O.O.P.[Na+].[OH-]. The Morgan fingerprint density at radius 1 is 0.667 bits per heavy atom. The molecule has 7 N–H and O–H groups in total. The molecule has 0 aliphatic rings. The molecule has 0 rings (SSSR count). The zero-order chi connectivity index (χ0) is 0. The molecule has 0 amide bonds. The minimum atomic E-state index is 0. The molecule has 1 unspecified atom stereocenters. The van der Waals surface area contributed by atoms with Crippen LogP contribution in [-0.2, 0) is 0 Å². The van der Waals surface area contributed by atoms with Gasteiger partial charge in [0.15, 0.2) is 0 Å². The third-order valence-electron chi connectivity index (χ3n) is 0. The fraction of sp³-hybridized carbons (Fsp3) is 0. The topological polar surface area (TPSA) is 124 Å². The van der Waals surface area contributed by atoms with Gasteiger partial charge in [-0.3, -0.25) is 0 Å². The summed E-state index contributed by atoms with van der Waals surface area (Å²) in [6.07, 6.45) is 0. The van der Waals surface area contributed by atoms with Crippen molar-refractivity contribution >= 4 is 9.90 Å². The maximum atomic E-state index is 0. The van der Waals surface area contributed by atoms with Crippen LogP contribution in [0.15, 0.2) is 0 Å². The molecule has 0 spiro atoms. The van der Waals surface area contributed by atoms with Crippen molar-refractivity contribution in [2.75, 3.05) is 0 Å². The minimum absolute atomic E-state index is 0. The van der Waals surface area contributed by atoms with E-state index in [4.69, 9.17) is 0 Å². The van der Waals surface area contributed by atoms with E-state index in [0.29, 0.717) is 0 Å². The predicted octanol–water partition coefficient (Wildman–Crippen LogP) is -5.59. The molecule has 4 nitrogen and oxygen atoms in total. The fourth-order valence-corrected chi connectivity index (χ4v) is 0. The monoisotopic (exact) mass is 128 g/mol. The van der Waals surface area contributed by atoms with Gasteiger partial charge < -0.3 is 21.9 Å². The van der Waals surface area contributed by atoms with Gasteiger partial charge >= 0.3 is 29.6 Å². The number of hydrogen-bond donors (Lipinski definition) is 0. The van der Waals surface area contributed by atoms with Gasteiger partial charge in [0.1, 0.15) is 0 Å². The second kappa shape index (κ2) is 108. The molecule has 0 saturated heterocycles. The molecular formula is H10NaO4P. The van der Waals surface area contributed by atoms with Crippen LogP contribution >= 0.6 is 9.90 Å². The van der Waals surface area contributed by atoms with Crippen LogP contribution in [0.4, 0.5) is 0 Å². The normalized spacial score (nSPS) is 0. The van der Waals surface area contributed by atoms with Gasteiger partial charge in [-0.2, -0.15) is 9.90 Å². The molecule has 0 aliphatic heterocycles. The Balaban J connectivity index is 0. The smallest absolute Gasteiger partial charge is 0.870 e. The van der Waals surface area contributed by atoms with Crippen molar-refractivity contribution < 1.29 is 51.5 Å². The van der Waals surface area contributed by atoms with Gasteiger partial charge in [-0.1, -0.05) is 0 Å². The molecule has 0 fully saturated rings. The predicted molar refractivity (Wildman–Crippen MR) is 23.9 cm³/mol. The van der Waals surface area contributed by atoms with Crippen molar-refractivity contribution in [1.29, 1.82) is 0 Å². The first-order valence-corrected chi connectivity index (χ1v) is 0. The van der Waals surface area contributed by atoms with Crippen LogP contribution in [0.25, 0.3) is 0 Å². The van der Waals surface area contributed by atoms with E-state index in [1.807, 2.05) is 0 Å². The Morgan fingerprint density at radius 3 is 0.667 bits per heavy atom. The third kappa shape index (κ3) is 59.6. The Morgan fingerprint density at radius 2 is 0.667 bits per heavy atom. The second-order valence-electron chi connectivity index (χ2n) is 0. The van der Waals surface area contributed by atoms with Crippen LogP contribution in [-0.4, -0.2) is 21.9 Å². The molecule has 1 atom stereocenters. The largest absolute Gasteiger partial charge is 1.00 e. The maximum absolute atomic E-state index is 0. The number of rotatable bonds is 0. The Bertz CT molecular complexity index is 7.51. The van der Waals surface area contributed by atoms with E-state index in [9.17, 15) is 0 Å². The van der Waals surface area contributed by atoms with Gasteiger partial charge in [0.05, 0.1) is 0 Å². The van der Waals surface area contributed by atoms with Gasteiger partial charge in [0.2, 0.25) is 0 Å². The van der Waals surface area contributed by atoms with Crippen LogP contribution in [0.1, 0.15) is 0 Å². The molecule has 0 aromatic carbocycles. The zero-order valence-corrected chi connectivity index (χ0v) is 7.07. The molecule has 0 aromatic rings. The molecule has 40 valence electrons. The van der Waals surface area contributed by atoms with E-state index in [1.54, 1.807) is 0 Å². The summed E-state index contributed by atoms with van der Waals surface area (Å²) in [5.74, 6) is 0. The van der Waals surface area contributed by atoms with Crippen molar-refractivity contribution in [1.82, 2.24) is 0 Å². The quantitative estimate of drug-likeness (QED) is 0.234. The van der Waals surface area contributed by atoms with Gasteiger partial charge in [-0.05, 0) is 0 Å². The van der Waals surface area contributed by atoms with Crippen molar-refractivity contribution in [2.24, 2.45) is 0 Å². The van der Waals surface area contributed by atoms with E-state index in [1.165, 1.54) is 0 Å². The summed E-state index contributed by atoms with van der Waals surface area (Å²) in [4.78, 5) is 0. The maximum Gasteiger partial charge on any atom is 1.00 e. The van der Waals surface area contributed by atoms with Gasteiger partial charge in [-0.15, -0.1) is 0 Å². The summed E-state index contributed by atoms with van der Waals surface area (Å²) in [5.41, 5.74) is 0. The average molecular weight is 128 g/mol. The van der Waals surface area contributed by atoms with Crippen molar-refractivity contribution in [2.45, 2.75) is 0 Å². The fourth-order valence-electron chi connectivity index (χ4n) is 0. The molecular weight excluding hydrogens is 118 g/mol. The summed E-state index contributed by atoms with van der Waals surface area (Å²) in [6, 6.07) is 0. The van der Waals surface area contributed by atoms with Gasteiger partial charge in [0, 0.05) is 0 Å². The average Bonchev–Trinajstić information content (AvgIpc) is 0. The van der Waals surface area contributed by atoms with Crippen LogP contribution in [0.2, 0.25) is 0 Å². The zero-order valence-electron chi connectivity index (χ0n) is 3.65. The van der Waals surface area contributed by atoms with E-state index in [2.05, 4.69) is 0 Å². The molecule has 6 heteroatoms. The molecule has 0 radical (unpaired) electrons. The molecule has 0 aromatic heterocycles. The molecule has 6 heavy (non-hydrogen) atoms. The Kier molecular flexibility index (Phi) is 3190. The summed E-state index contributed by atoms with van der Waals surface area (Å²) < 4.78 is 0.